The fourth-order valence-corrected chi connectivity index (χ4v) is 1.61. The first kappa shape index (κ1) is 10.7. The summed E-state index contributed by atoms with van der Waals surface area (Å²) >= 11 is 3.19. The van der Waals surface area contributed by atoms with Gasteiger partial charge in [-0.15, -0.1) is 0 Å². The van der Waals surface area contributed by atoms with Gasteiger partial charge in [-0.3, -0.25) is 10.1 Å². The molecule has 0 saturated carbocycles. The van der Waals surface area contributed by atoms with Gasteiger partial charge in [0.05, 0.1) is 11.0 Å². The van der Waals surface area contributed by atoms with E-state index < -0.39 is 4.92 Å². The zero-order valence-electron chi connectivity index (χ0n) is 7.24. The van der Waals surface area contributed by atoms with Gasteiger partial charge in [-0.25, -0.2) is 0 Å². The molecule has 0 aliphatic heterocycles. The van der Waals surface area contributed by atoms with Crippen LogP contribution in [-0.2, 0) is 6.42 Å². The summed E-state index contributed by atoms with van der Waals surface area (Å²) in [5.74, 6) is 0. The number of halogens is 1. The van der Waals surface area contributed by atoms with Gasteiger partial charge in [0.25, 0.3) is 5.69 Å². The van der Waals surface area contributed by atoms with E-state index in [0.29, 0.717) is 17.3 Å². The van der Waals surface area contributed by atoms with Crippen molar-refractivity contribution in [3.05, 3.63) is 38.3 Å². The molecule has 0 aromatic heterocycles. The molecule has 0 amide bonds. The molecule has 14 heavy (non-hydrogen) atoms. The zero-order valence-corrected chi connectivity index (χ0v) is 8.82. The smallest absolute Gasteiger partial charge is 0.258 e. The first-order chi connectivity index (χ1) is 6.63. The summed E-state index contributed by atoms with van der Waals surface area (Å²) in [7, 11) is 0. The molecule has 0 saturated heterocycles. The fraction of sp³-hybridized carbons (Fsp3) is 0.222. The van der Waals surface area contributed by atoms with E-state index in [1.54, 1.807) is 6.07 Å². The summed E-state index contributed by atoms with van der Waals surface area (Å²) in [5.41, 5.74) is 0.847. The van der Waals surface area contributed by atoms with E-state index in [0.717, 1.165) is 5.56 Å². The third-order valence-corrected chi connectivity index (χ3v) is 2.14. The van der Waals surface area contributed by atoms with Crippen LogP contribution in [0.25, 0.3) is 0 Å². The maximum absolute atomic E-state index is 10.5. The van der Waals surface area contributed by atoms with Crippen molar-refractivity contribution in [3.8, 4) is 6.07 Å². The van der Waals surface area contributed by atoms with Gasteiger partial charge in [0.2, 0.25) is 0 Å². The first-order valence-electron chi connectivity index (χ1n) is 3.94. The SMILES string of the molecule is N#CCCc1cc(Br)cc([N+](=O)[O-])c1. The molecule has 0 aliphatic rings. The molecule has 0 bridgehead atoms. The van der Waals surface area contributed by atoms with Crippen molar-refractivity contribution < 1.29 is 4.92 Å². The number of rotatable bonds is 3. The van der Waals surface area contributed by atoms with Crippen LogP contribution in [0.2, 0.25) is 0 Å². The molecule has 5 heteroatoms. The summed E-state index contributed by atoms with van der Waals surface area (Å²) < 4.78 is 0.666. The van der Waals surface area contributed by atoms with Crippen LogP contribution in [0.4, 0.5) is 5.69 Å². The van der Waals surface area contributed by atoms with Gasteiger partial charge < -0.3 is 0 Å². The van der Waals surface area contributed by atoms with Crippen LogP contribution >= 0.6 is 15.9 Å². The normalized spacial score (nSPS) is 9.43. The molecular weight excluding hydrogens is 248 g/mol. The highest BCUT2D eigenvalue weighted by Gasteiger charge is 2.08. The molecule has 0 unspecified atom stereocenters. The Morgan fingerprint density at radius 3 is 2.79 bits per heavy atom. The molecule has 4 nitrogen and oxygen atoms in total. The summed E-state index contributed by atoms with van der Waals surface area (Å²) in [6.45, 7) is 0. The standard InChI is InChI=1S/C9H7BrN2O2/c10-8-4-7(2-1-3-11)5-9(6-8)12(13)14/h4-6H,1-2H2. The van der Waals surface area contributed by atoms with Crippen LogP contribution in [0.3, 0.4) is 0 Å². The Kier molecular flexibility index (Phi) is 3.60. The lowest BCUT2D eigenvalue weighted by atomic mass is 10.1. The molecule has 1 aromatic carbocycles. The minimum absolute atomic E-state index is 0.0484. The van der Waals surface area contributed by atoms with E-state index in [4.69, 9.17) is 5.26 Å². The highest BCUT2D eigenvalue weighted by Crippen LogP contribution is 2.21. The fourth-order valence-electron chi connectivity index (χ4n) is 1.08. The van der Waals surface area contributed by atoms with Gasteiger partial charge in [0, 0.05) is 23.0 Å². The maximum atomic E-state index is 10.5. The molecule has 0 fully saturated rings. The van der Waals surface area contributed by atoms with Crippen LogP contribution in [0.15, 0.2) is 22.7 Å². The van der Waals surface area contributed by atoms with Gasteiger partial charge >= 0.3 is 0 Å². The van der Waals surface area contributed by atoms with E-state index >= 15 is 0 Å². The molecule has 0 atom stereocenters. The van der Waals surface area contributed by atoms with Crippen LogP contribution in [0, 0.1) is 21.4 Å². The first-order valence-corrected chi connectivity index (χ1v) is 4.73. The molecule has 1 aromatic rings. The summed E-state index contributed by atoms with van der Waals surface area (Å²) in [4.78, 5) is 10.1. The molecule has 0 spiro atoms. The van der Waals surface area contributed by atoms with Crippen LogP contribution in [-0.4, -0.2) is 4.92 Å². The van der Waals surface area contributed by atoms with E-state index in [9.17, 15) is 10.1 Å². The molecule has 0 N–H and O–H groups in total. The zero-order chi connectivity index (χ0) is 10.6. The van der Waals surface area contributed by atoms with Crippen LogP contribution < -0.4 is 0 Å². The topological polar surface area (TPSA) is 66.9 Å². The Bertz CT molecular complexity index is 398. The van der Waals surface area contributed by atoms with Crippen molar-refractivity contribution in [3.63, 3.8) is 0 Å². The van der Waals surface area contributed by atoms with Gasteiger partial charge in [0.15, 0.2) is 0 Å². The van der Waals surface area contributed by atoms with Gasteiger partial charge in [0.1, 0.15) is 0 Å². The van der Waals surface area contributed by atoms with Gasteiger partial charge in [-0.2, -0.15) is 5.26 Å². The number of hydrogen-bond acceptors (Lipinski definition) is 3. The van der Waals surface area contributed by atoms with E-state index in [-0.39, 0.29) is 5.69 Å². The Balaban J connectivity index is 2.96. The Hall–Kier alpha value is -1.41. The number of nitrogens with zero attached hydrogens (tertiary/aromatic N) is 2. The second kappa shape index (κ2) is 4.72. The lowest BCUT2D eigenvalue weighted by molar-refractivity contribution is -0.385. The Morgan fingerprint density at radius 2 is 2.21 bits per heavy atom. The number of nitro benzene ring substituents is 1. The number of nitriles is 1. The van der Waals surface area contributed by atoms with Crippen molar-refractivity contribution >= 4 is 21.6 Å². The monoisotopic (exact) mass is 254 g/mol. The average Bonchev–Trinajstić information content (AvgIpc) is 2.14. The number of nitro groups is 1. The number of aryl methyl sites for hydroxylation is 1. The predicted octanol–water partition coefficient (Wildman–Crippen LogP) is 2.81. The summed E-state index contributed by atoms with van der Waals surface area (Å²) in [6.07, 6.45) is 0.907. The molecule has 0 aliphatic carbocycles. The molecule has 0 heterocycles. The third kappa shape index (κ3) is 2.82. The van der Waals surface area contributed by atoms with E-state index in [2.05, 4.69) is 15.9 Å². The average molecular weight is 255 g/mol. The molecular formula is C9H7BrN2O2. The van der Waals surface area contributed by atoms with Crippen LogP contribution in [0.5, 0.6) is 0 Å². The van der Waals surface area contributed by atoms with Crippen molar-refractivity contribution in [1.82, 2.24) is 0 Å². The van der Waals surface area contributed by atoms with E-state index in [1.807, 2.05) is 6.07 Å². The van der Waals surface area contributed by atoms with E-state index in [1.165, 1.54) is 12.1 Å². The number of benzene rings is 1. The second-order valence-electron chi connectivity index (χ2n) is 2.73. The van der Waals surface area contributed by atoms with Crippen molar-refractivity contribution in [2.24, 2.45) is 0 Å². The molecule has 0 radical (unpaired) electrons. The molecule has 1 rings (SSSR count). The lowest BCUT2D eigenvalue weighted by Crippen LogP contribution is -1.91. The minimum Gasteiger partial charge on any atom is -0.258 e. The van der Waals surface area contributed by atoms with Crippen LogP contribution in [0.1, 0.15) is 12.0 Å². The number of non-ortho nitro benzene ring substituents is 1. The van der Waals surface area contributed by atoms with Gasteiger partial charge in [-0.05, 0) is 18.1 Å². The van der Waals surface area contributed by atoms with Crippen molar-refractivity contribution in [2.45, 2.75) is 12.8 Å². The highest BCUT2D eigenvalue weighted by molar-refractivity contribution is 9.10. The van der Waals surface area contributed by atoms with Gasteiger partial charge in [-0.1, -0.05) is 15.9 Å². The highest BCUT2D eigenvalue weighted by atomic mass is 79.9. The maximum Gasteiger partial charge on any atom is 0.270 e. The largest absolute Gasteiger partial charge is 0.270 e. The Morgan fingerprint density at radius 1 is 1.50 bits per heavy atom. The third-order valence-electron chi connectivity index (χ3n) is 1.68. The summed E-state index contributed by atoms with van der Waals surface area (Å²) in [5, 5.41) is 18.9. The number of hydrogen-bond donors (Lipinski definition) is 0. The Labute approximate surface area is 89.4 Å². The summed E-state index contributed by atoms with van der Waals surface area (Å²) in [6, 6.07) is 6.71. The lowest BCUT2D eigenvalue weighted by Gasteiger charge is -1.99. The quantitative estimate of drug-likeness (QED) is 0.616. The molecule has 72 valence electrons. The second-order valence-corrected chi connectivity index (χ2v) is 3.65. The van der Waals surface area contributed by atoms with Crippen molar-refractivity contribution in [1.29, 1.82) is 5.26 Å². The minimum atomic E-state index is -0.444. The van der Waals surface area contributed by atoms with Crippen molar-refractivity contribution in [2.75, 3.05) is 0 Å². The predicted molar refractivity (Wildman–Crippen MR) is 54.7 cm³/mol.